The minimum Gasteiger partial charge on any atom is -0.346 e. The Labute approximate surface area is 116 Å². The number of hydrogen-bond donors (Lipinski definition) is 1. The lowest BCUT2D eigenvalue weighted by atomic mass is 10.4. The van der Waals surface area contributed by atoms with Crippen molar-refractivity contribution in [3.05, 3.63) is 18.5 Å². The van der Waals surface area contributed by atoms with Gasteiger partial charge in [0.1, 0.15) is 19.2 Å². The standard InChI is InChI=1S/C15H25N3Si/c1-10(2)19(11(3)4,12(5)6)15-17-9-13-7-8-16-14(13)18-15/h7-12H,1-6H3,(H,16,17,18). The summed E-state index contributed by atoms with van der Waals surface area (Å²) in [7, 11) is -1.74. The van der Waals surface area contributed by atoms with Crippen LogP contribution in [-0.4, -0.2) is 23.0 Å². The number of H-pyrrole nitrogens is 1. The Morgan fingerprint density at radius 3 is 2.11 bits per heavy atom. The average Bonchev–Trinajstić information content (AvgIpc) is 2.75. The number of rotatable bonds is 4. The quantitative estimate of drug-likeness (QED) is 0.861. The van der Waals surface area contributed by atoms with Crippen LogP contribution in [0.15, 0.2) is 18.5 Å². The van der Waals surface area contributed by atoms with Crippen LogP contribution in [0.4, 0.5) is 0 Å². The Bertz CT molecular complexity index is 535. The van der Waals surface area contributed by atoms with E-state index in [1.807, 2.05) is 18.5 Å². The van der Waals surface area contributed by atoms with E-state index in [2.05, 4.69) is 46.5 Å². The summed E-state index contributed by atoms with van der Waals surface area (Å²) in [6, 6.07) is 2.03. The molecule has 0 saturated carbocycles. The van der Waals surface area contributed by atoms with Crippen LogP contribution < -0.4 is 5.45 Å². The van der Waals surface area contributed by atoms with Crippen LogP contribution in [0.5, 0.6) is 0 Å². The fourth-order valence-corrected chi connectivity index (χ4v) is 9.97. The Morgan fingerprint density at radius 1 is 1.00 bits per heavy atom. The average molecular weight is 275 g/mol. The van der Waals surface area contributed by atoms with Gasteiger partial charge in [0, 0.05) is 17.8 Å². The maximum absolute atomic E-state index is 4.87. The highest BCUT2D eigenvalue weighted by molar-refractivity contribution is 6.93. The molecule has 0 aliphatic carbocycles. The monoisotopic (exact) mass is 275 g/mol. The predicted molar refractivity (Wildman–Crippen MR) is 84.6 cm³/mol. The molecule has 0 aliphatic heterocycles. The van der Waals surface area contributed by atoms with Gasteiger partial charge in [-0.25, -0.2) is 9.97 Å². The molecule has 0 saturated heterocycles. The van der Waals surface area contributed by atoms with E-state index >= 15 is 0 Å². The Hall–Kier alpha value is -1.16. The fraction of sp³-hybridized carbons (Fsp3) is 0.600. The van der Waals surface area contributed by atoms with Crippen LogP contribution in [-0.2, 0) is 0 Å². The zero-order chi connectivity index (χ0) is 14.2. The lowest BCUT2D eigenvalue weighted by Gasteiger charge is -2.41. The molecule has 0 aliphatic rings. The van der Waals surface area contributed by atoms with Crippen molar-refractivity contribution in [2.45, 2.75) is 58.2 Å². The molecule has 0 aromatic carbocycles. The summed E-state index contributed by atoms with van der Waals surface area (Å²) in [5, 5.41) is 1.10. The largest absolute Gasteiger partial charge is 0.346 e. The molecule has 0 bridgehead atoms. The molecule has 1 N–H and O–H groups in total. The van der Waals surface area contributed by atoms with Crippen molar-refractivity contribution in [3.8, 4) is 0 Å². The summed E-state index contributed by atoms with van der Waals surface area (Å²) < 4.78 is 0. The minimum absolute atomic E-state index is 0.639. The van der Waals surface area contributed by atoms with Gasteiger partial charge in [0.05, 0.1) is 0 Å². The highest BCUT2D eigenvalue weighted by atomic mass is 28.3. The number of nitrogens with one attached hydrogen (secondary N) is 1. The van der Waals surface area contributed by atoms with Crippen molar-refractivity contribution in [3.63, 3.8) is 0 Å². The Kier molecular flexibility index (Phi) is 3.81. The molecular formula is C15H25N3Si. The second kappa shape index (κ2) is 5.08. The first-order chi connectivity index (χ1) is 8.90. The van der Waals surface area contributed by atoms with E-state index in [1.54, 1.807) is 0 Å². The molecule has 104 valence electrons. The molecule has 0 fully saturated rings. The predicted octanol–water partition coefficient (Wildman–Crippen LogP) is 3.84. The Morgan fingerprint density at radius 2 is 1.58 bits per heavy atom. The lowest BCUT2D eigenvalue weighted by Crippen LogP contribution is -2.58. The van der Waals surface area contributed by atoms with Crippen molar-refractivity contribution < 1.29 is 0 Å². The molecule has 3 nitrogen and oxygen atoms in total. The molecule has 0 spiro atoms. The van der Waals surface area contributed by atoms with Gasteiger partial charge in [-0.05, 0) is 22.7 Å². The zero-order valence-electron chi connectivity index (χ0n) is 12.9. The van der Waals surface area contributed by atoms with Crippen LogP contribution >= 0.6 is 0 Å². The van der Waals surface area contributed by atoms with Gasteiger partial charge >= 0.3 is 0 Å². The van der Waals surface area contributed by atoms with Crippen LogP contribution in [0.1, 0.15) is 41.5 Å². The van der Waals surface area contributed by atoms with E-state index in [9.17, 15) is 0 Å². The molecule has 19 heavy (non-hydrogen) atoms. The second-order valence-electron chi connectivity index (χ2n) is 6.37. The van der Waals surface area contributed by atoms with E-state index in [-0.39, 0.29) is 0 Å². The fourth-order valence-electron chi connectivity index (χ4n) is 3.82. The summed E-state index contributed by atoms with van der Waals surface area (Å²) >= 11 is 0. The van der Waals surface area contributed by atoms with E-state index in [1.165, 1.54) is 0 Å². The minimum atomic E-state index is -1.74. The highest BCUT2D eigenvalue weighted by Crippen LogP contribution is 2.40. The maximum atomic E-state index is 4.87. The van der Waals surface area contributed by atoms with Gasteiger partial charge in [-0.1, -0.05) is 41.5 Å². The van der Waals surface area contributed by atoms with Crippen LogP contribution in [0, 0.1) is 0 Å². The molecule has 2 aromatic heterocycles. The van der Waals surface area contributed by atoms with Crippen molar-refractivity contribution in [2.75, 3.05) is 0 Å². The zero-order valence-corrected chi connectivity index (χ0v) is 13.9. The summed E-state index contributed by atoms with van der Waals surface area (Å²) in [5.74, 6) is 0. The number of aromatic nitrogens is 3. The summed E-state index contributed by atoms with van der Waals surface area (Å²) in [4.78, 5) is 12.8. The summed E-state index contributed by atoms with van der Waals surface area (Å²) in [6.07, 6.45) is 3.91. The first-order valence-electron chi connectivity index (χ1n) is 7.21. The second-order valence-corrected chi connectivity index (χ2v) is 12.1. The maximum Gasteiger partial charge on any atom is 0.142 e. The van der Waals surface area contributed by atoms with Crippen molar-refractivity contribution in [1.29, 1.82) is 0 Å². The van der Waals surface area contributed by atoms with E-state index < -0.39 is 8.07 Å². The number of hydrogen-bond acceptors (Lipinski definition) is 2. The van der Waals surface area contributed by atoms with Gasteiger partial charge in [0.2, 0.25) is 0 Å². The normalized spacial score (nSPS) is 13.1. The van der Waals surface area contributed by atoms with Gasteiger partial charge in [-0.3, -0.25) is 0 Å². The Balaban J connectivity index is 2.65. The summed E-state index contributed by atoms with van der Waals surface area (Å²) in [5.41, 5.74) is 4.01. The van der Waals surface area contributed by atoms with Gasteiger partial charge in [0.15, 0.2) is 0 Å². The van der Waals surface area contributed by atoms with Gasteiger partial charge in [0.25, 0.3) is 0 Å². The molecule has 2 heterocycles. The smallest absolute Gasteiger partial charge is 0.142 e. The highest BCUT2D eigenvalue weighted by Gasteiger charge is 2.47. The van der Waals surface area contributed by atoms with Gasteiger partial charge in [-0.15, -0.1) is 0 Å². The topological polar surface area (TPSA) is 41.6 Å². The van der Waals surface area contributed by atoms with Crippen LogP contribution in [0.2, 0.25) is 16.6 Å². The number of fused-ring (bicyclic) bond motifs is 1. The first-order valence-corrected chi connectivity index (χ1v) is 9.44. The third-order valence-corrected chi connectivity index (χ3v) is 11.3. The first kappa shape index (κ1) is 14.3. The van der Waals surface area contributed by atoms with Crippen molar-refractivity contribution in [2.24, 2.45) is 0 Å². The SMILES string of the molecule is CC(C)[Si](c1ncc2cc[nH]c2n1)(C(C)C)C(C)C. The third kappa shape index (κ3) is 2.12. The molecule has 0 atom stereocenters. The molecule has 0 radical (unpaired) electrons. The number of aromatic amines is 1. The molecule has 0 amide bonds. The molecule has 4 heteroatoms. The van der Waals surface area contributed by atoms with Crippen molar-refractivity contribution >= 4 is 24.6 Å². The van der Waals surface area contributed by atoms with Crippen LogP contribution in [0.25, 0.3) is 11.0 Å². The van der Waals surface area contributed by atoms with E-state index in [0.29, 0.717) is 16.6 Å². The van der Waals surface area contributed by atoms with E-state index in [4.69, 9.17) is 9.97 Å². The third-order valence-electron chi connectivity index (χ3n) is 4.55. The number of nitrogens with zero attached hydrogens (tertiary/aromatic N) is 2. The lowest BCUT2D eigenvalue weighted by molar-refractivity contribution is 0.826. The molecule has 2 rings (SSSR count). The molecular weight excluding hydrogens is 250 g/mol. The summed E-state index contributed by atoms with van der Waals surface area (Å²) in [6.45, 7) is 14.1. The van der Waals surface area contributed by atoms with Crippen LogP contribution in [0.3, 0.4) is 0 Å². The van der Waals surface area contributed by atoms with Gasteiger partial charge in [-0.2, -0.15) is 0 Å². The molecule has 0 unspecified atom stereocenters. The van der Waals surface area contributed by atoms with Gasteiger partial charge < -0.3 is 4.98 Å². The molecule has 2 aromatic rings. The van der Waals surface area contributed by atoms with Crippen molar-refractivity contribution in [1.82, 2.24) is 15.0 Å². The van der Waals surface area contributed by atoms with E-state index in [0.717, 1.165) is 16.5 Å².